The highest BCUT2D eigenvalue weighted by molar-refractivity contribution is 5.78. The van der Waals surface area contributed by atoms with Crippen LogP contribution in [0.4, 0.5) is 0 Å². The maximum absolute atomic E-state index is 9.22. The average Bonchev–Trinajstić information content (AvgIpc) is 2.12. The van der Waals surface area contributed by atoms with E-state index in [1.807, 2.05) is 39.5 Å². The van der Waals surface area contributed by atoms with Gasteiger partial charge in [-0.3, -0.25) is 0 Å². The third-order valence-corrected chi connectivity index (χ3v) is 2.46. The first-order chi connectivity index (χ1) is 7.63. The lowest BCUT2D eigenvalue weighted by atomic mass is 10.1. The van der Waals surface area contributed by atoms with E-state index in [0.29, 0.717) is 19.0 Å². The molecule has 100 valence electrons. The van der Waals surface area contributed by atoms with Gasteiger partial charge in [-0.25, -0.2) is 4.99 Å². The number of hydrogen-bond donors (Lipinski definition) is 2. The Hall–Kier alpha value is -0.810. The summed E-state index contributed by atoms with van der Waals surface area (Å²) in [5, 5.41) is 9.22. The van der Waals surface area contributed by atoms with E-state index in [1.165, 1.54) is 0 Å². The van der Waals surface area contributed by atoms with Gasteiger partial charge in [0.2, 0.25) is 0 Å². The van der Waals surface area contributed by atoms with Crippen LogP contribution in [0.5, 0.6) is 0 Å². The molecular weight excluding hydrogens is 218 g/mol. The van der Waals surface area contributed by atoms with Gasteiger partial charge in [-0.2, -0.15) is 0 Å². The third-order valence-electron chi connectivity index (χ3n) is 2.46. The zero-order valence-electron chi connectivity index (χ0n) is 11.5. The Labute approximate surface area is 104 Å². The number of aliphatic imine (C=N–C) groups is 1. The maximum atomic E-state index is 9.22. The first-order valence-electron chi connectivity index (χ1n) is 6.02. The van der Waals surface area contributed by atoms with E-state index in [1.54, 1.807) is 0 Å². The van der Waals surface area contributed by atoms with Crippen molar-refractivity contribution in [1.82, 2.24) is 4.90 Å². The number of aliphatic hydroxyl groups excluding tert-OH is 1. The molecular formula is C12H25N3O2. The van der Waals surface area contributed by atoms with E-state index in [4.69, 9.17) is 10.5 Å². The van der Waals surface area contributed by atoms with E-state index >= 15 is 0 Å². The van der Waals surface area contributed by atoms with Crippen molar-refractivity contribution in [3.05, 3.63) is 0 Å². The van der Waals surface area contributed by atoms with Crippen LogP contribution in [0.1, 0.15) is 34.6 Å². The quantitative estimate of drug-likeness (QED) is 0.522. The summed E-state index contributed by atoms with van der Waals surface area (Å²) >= 11 is 0. The fraction of sp³-hybridized carbons (Fsp3) is 0.917. The van der Waals surface area contributed by atoms with E-state index in [9.17, 15) is 5.11 Å². The number of nitrogens with two attached hydrogens (primary N) is 1. The summed E-state index contributed by atoms with van der Waals surface area (Å²) in [6.45, 7) is 11.3. The Morgan fingerprint density at radius 3 is 2.59 bits per heavy atom. The summed E-state index contributed by atoms with van der Waals surface area (Å²) in [7, 11) is 0. The van der Waals surface area contributed by atoms with Gasteiger partial charge in [-0.05, 0) is 34.6 Å². The van der Waals surface area contributed by atoms with Gasteiger partial charge in [0.25, 0.3) is 0 Å². The molecule has 1 aliphatic rings. The molecule has 0 saturated carbocycles. The zero-order chi connectivity index (χ0) is 13.3. The van der Waals surface area contributed by atoms with Gasteiger partial charge in [0.1, 0.15) is 0 Å². The van der Waals surface area contributed by atoms with Crippen molar-refractivity contribution in [2.75, 3.05) is 19.7 Å². The molecule has 0 amide bonds. The smallest absolute Gasteiger partial charge is 0.191 e. The molecule has 1 rings (SSSR count). The van der Waals surface area contributed by atoms with Gasteiger partial charge in [-0.15, -0.1) is 0 Å². The Morgan fingerprint density at radius 1 is 1.53 bits per heavy atom. The molecule has 1 atom stereocenters. The molecule has 0 aromatic rings. The van der Waals surface area contributed by atoms with Crippen LogP contribution in [0.3, 0.4) is 0 Å². The molecule has 1 unspecified atom stereocenters. The molecule has 1 aliphatic heterocycles. The fourth-order valence-electron chi connectivity index (χ4n) is 1.98. The summed E-state index contributed by atoms with van der Waals surface area (Å²) in [6, 6.07) is 0. The molecule has 0 radical (unpaired) electrons. The maximum Gasteiger partial charge on any atom is 0.191 e. The van der Waals surface area contributed by atoms with Crippen LogP contribution in [0, 0.1) is 0 Å². The number of nitrogens with zero attached hydrogens (tertiary/aromatic N) is 2. The highest BCUT2D eigenvalue weighted by Crippen LogP contribution is 2.21. The van der Waals surface area contributed by atoms with Gasteiger partial charge in [0, 0.05) is 13.1 Å². The number of guanidine groups is 1. The average molecular weight is 243 g/mol. The largest absolute Gasteiger partial charge is 0.394 e. The van der Waals surface area contributed by atoms with Crippen molar-refractivity contribution in [2.45, 2.75) is 51.9 Å². The number of hydrogen-bond acceptors (Lipinski definition) is 3. The molecule has 1 saturated heterocycles. The standard InChI is InChI=1S/C12H25N3O2/c1-11(2,3)14-10(13)15-6-9(7-16)17-12(4,5)8-15/h9,16H,6-8H2,1-5H3,(H2,13,14). The summed E-state index contributed by atoms with van der Waals surface area (Å²) in [6.07, 6.45) is -0.201. The van der Waals surface area contributed by atoms with Gasteiger partial charge in [0.05, 0.1) is 23.9 Å². The van der Waals surface area contributed by atoms with Crippen LogP contribution in [0.15, 0.2) is 4.99 Å². The number of aliphatic hydroxyl groups is 1. The van der Waals surface area contributed by atoms with Crippen molar-refractivity contribution in [1.29, 1.82) is 0 Å². The Balaban J connectivity index is 2.80. The molecule has 5 nitrogen and oxygen atoms in total. The van der Waals surface area contributed by atoms with Crippen LogP contribution in [0.25, 0.3) is 0 Å². The van der Waals surface area contributed by atoms with E-state index in [0.717, 1.165) is 0 Å². The lowest BCUT2D eigenvalue weighted by Crippen LogP contribution is -2.57. The fourth-order valence-corrected chi connectivity index (χ4v) is 1.98. The van der Waals surface area contributed by atoms with Gasteiger partial charge in [0.15, 0.2) is 5.96 Å². The molecule has 1 heterocycles. The second-order valence-corrected chi connectivity index (χ2v) is 6.20. The Morgan fingerprint density at radius 2 is 2.12 bits per heavy atom. The highest BCUT2D eigenvalue weighted by atomic mass is 16.5. The molecule has 0 bridgehead atoms. The molecule has 3 N–H and O–H groups in total. The zero-order valence-corrected chi connectivity index (χ0v) is 11.5. The second-order valence-electron chi connectivity index (χ2n) is 6.20. The molecule has 5 heteroatoms. The van der Waals surface area contributed by atoms with Crippen molar-refractivity contribution in [3.63, 3.8) is 0 Å². The van der Waals surface area contributed by atoms with E-state index < -0.39 is 0 Å². The second kappa shape index (κ2) is 4.82. The summed E-state index contributed by atoms with van der Waals surface area (Å²) in [5.74, 6) is 0.521. The predicted octanol–water partition coefficient (Wildman–Crippen LogP) is 0.571. The lowest BCUT2D eigenvalue weighted by Gasteiger charge is -2.43. The summed E-state index contributed by atoms with van der Waals surface area (Å²) < 4.78 is 5.73. The Kier molecular flexibility index (Phi) is 4.04. The van der Waals surface area contributed by atoms with Crippen molar-refractivity contribution in [2.24, 2.45) is 10.7 Å². The highest BCUT2D eigenvalue weighted by Gasteiger charge is 2.34. The topological polar surface area (TPSA) is 71.1 Å². The normalized spacial score (nSPS) is 26.1. The minimum Gasteiger partial charge on any atom is -0.394 e. The Bertz CT molecular complexity index is 295. The van der Waals surface area contributed by atoms with Gasteiger partial charge >= 0.3 is 0 Å². The van der Waals surface area contributed by atoms with Crippen LogP contribution in [-0.2, 0) is 4.74 Å². The number of ether oxygens (including phenoxy) is 1. The van der Waals surface area contributed by atoms with Crippen molar-refractivity contribution < 1.29 is 9.84 Å². The van der Waals surface area contributed by atoms with Crippen LogP contribution >= 0.6 is 0 Å². The van der Waals surface area contributed by atoms with Crippen LogP contribution in [0.2, 0.25) is 0 Å². The van der Waals surface area contributed by atoms with E-state index in [2.05, 4.69) is 4.99 Å². The van der Waals surface area contributed by atoms with Crippen molar-refractivity contribution in [3.8, 4) is 0 Å². The minimum atomic E-state index is -0.316. The minimum absolute atomic E-state index is 0.00271. The summed E-state index contributed by atoms with van der Waals surface area (Å²) in [4.78, 5) is 6.43. The molecule has 0 aromatic heterocycles. The van der Waals surface area contributed by atoms with Gasteiger partial charge in [-0.1, -0.05) is 0 Å². The molecule has 0 aliphatic carbocycles. The van der Waals surface area contributed by atoms with Crippen LogP contribution in [-0.4, -0.2) is 52.9 Å². The number of rotatable bonds is 1. The monoisotopic (exact) mass is 243 g/mol. The van der Waals surface area contributed by atoms with Crippen molar-refractivity contribution >= 4 is 5.96 Å². The predicted molar refractivity (Wildman–Crippen MR) is 69.0 cm³/mol. The SMILES string of the molecule is CC(C)(C)N=C(N)N1CC(CO)OC(C)(C)C1. The number of morpholine rings is 1. The summed E-state index contributed by atoms with van der Waals surface area (Å²) in [5.41, 5.74) is 5.50. The first-order valence-corrected chi connectivity index (χ1v) is 6.02. The van der Waals surface area contributed by atoms with Crippen LogP contribution < -0.4 is 5.73 Å². The molecule has 1 fully saturated rings. The molecule has 17 heavy (non-hydrogen) atoms. The molecule has 0 aromatic carbocycles. The lowest BCUT2D eigenvalue weighted by molar-refractivity contribution is -0.135. The van der Waals surface area contributed by atoms with Gasteiger partial charge < -0.3 is 20.5 Å². The third kappa shape index (κ3) is 4.52. The molecule has 0 spiro atoms. The first kappa shape index (κ1) is 14.3. The van der Waals surface area contributed by atoms with E-state index in [-0.39, 0.29) is 23.9 Å².